The van der Waals surface area contributed by atoms with Gasteiger partial charge in [0.05, 0.1) is 10.2 Å². The van der Waals surface area contributed by atoms with E-state index in [0.717, 1.165) is 22.6 Å². The molecule has 0 aliphatic rings. The smallest absolute Gasteiger partial charge is 0.138 e. The second-order valence-corrected chi connectivity index (χ2v) is 5.43. The van der Waals surface area contributed by atoms with Crippen molar-refractivity contribution < 1.29 is 8.91 Å². The Bertz CT molecular complexity index is 563. The largest absolute Gasteiger partial charge is 0.361 e. The highest BCUT2D eigenvalue weighted by atomic mass is 79.9. The topological polar surface area (TPSA) is 38.1 Å². The third kappa shape index (κ3) is 3.22. The van der Waals surface area contributed by atoms with Gasteiger partial charge in [0.1, 0.15) is 11.6 Å². The van der Waals surface area contributed by atoms with E-state index in [2.05, 4.69) is 26.4 Å². The second-order valence-electron chi connectivity index (χ2n) is 4.58. The van der Waals surface area contributed by atoms with E-state index in [0.29, 0.717) is 11.0 Å². The van der Waals surface area contributed by atoms with Crippen LogP contribution in [0.5, 0.6) is 0 Å². The van der Waals surface area contributed by atoms with Gasteiger partial charge < -0.3 is 9.84 Å². The average molecular weight is 327 g/mol. The van der Waals surface area contributed by atoms with Crippen LogP contribution in [0.15, 0.2) is 27.2 Å². The van der Waals surface area contributed by atoms with E-state index in [4.69, 9.17) is 4.52 Å². The number of aromatic nitrogens is 1. The van der Waals surface area contributed by atoms with Crippen LogP contribution in [0.4, 0.5) is 4.39 Å². The highest BCUT2D eigenvalue weighted by Gasteiger charge is 2.12. The van der Waals surface area contributed by atoms with E-state index in [9.17, 15) is 4.39 Å². The second kappa shape index (κ2) is 5.84. The van der Waals surface area contributed by atoms with Crippen LogP contribution in [0.1, 0.15) is 35.5 Å². The molecular weight excluding hydrogens is 311 g/mol. The predicted octanol–water partition coefficient (Wildman–Crippen LogP) is 4.04. The molecule has 0 aliphatic heterocycles. The van der Waals surface area contributed by atoms with Crippen LogP contribution in [-0.2, 0) is 6.54 Å². The maximum atomic E-state index is 13.2. The maximum absolute atomic E-state index is 13.2. The molecule has 2 aromatic rings. The Morgan fingerprint density at radius 1 is 1.42 bits per heavy atom. The molecule has 0 saturated heterocycles. The summed E-state index contributed by atoms with van der Waals surface area (Å²) in [5.41, 5.74) is 3.01. The van der Waals surface area contributed by atoms with Crippen molar-refractivity contribution in [2.24, 2.45) is 0 Å². The standard InChI is InChI=1S/C14H16BrFN2O/c1-8(11-4-5-14(16)13(15)6-11)17-7-12-9(2)18-19-10(12)3/h4-6,8,17H,7H2,1-3H3. The molecule has 0 saturated carbocycles. The molecule has 0 radical (unpaired) electrons. The molecule has 0 spiro atoms. The van der Waals surface area contributed by atoms with Gasteiger partial charge in [0, 0.05) is 18.2 Å². The molecule has 1 atom stereocenters. The van der Waals surface area contributed by atoms with Gasteiger partial charge in [0.2, 0.25) is 0 Å². The van der Waals surface area contributed by atoms with E-state index in [1.165, 1.54) is 6.07 Å². The van der Waals surface area contributed by atoms with Crippen molar-refractivity contribution in [3.05, 3.63) is 51.1 Å². The quantitative estimate of drug-likeness (QED) is 0.921. The van der Waals surface area contributed by atoms with Crippen LogP contribution in [0.3, 0.4) is 0 Å². The molecule has 5 heteroatoms. The first-order valence-electron chi connectivity index (χ1n) is 6.09. The number of benzene rings is 1. The third-order valence-electron chi connectivity index (χ3n) is 3.21. The molecular formula is C14H16BrFN2O. The number of hydrogen-bond acceptors (Lipinski definition) is 3. The summed E-state index contributed by atoms with van der Waals surface area (Å²) in [5, 5.41) is 7.31. The lowest BCUT2D eigenvalue weighted by Gasteiger charge is -2.14. The number of nitrogens with one attached hydrogen (secondary N) is 1. The zero-order valence-electron chi connectivity index (χ0n) is 11.1. The highest BCUT2D eigenvalue weighted by molar-refractivity contribution is 9.10. The van der Waals surface area contributed by atoms with E-state index >= 15 is 0 Å². The van der Waals surface area contributed by atoms with Gasteiger partial charge in [-0.15, -0.1) is 0 Å². The monoisotopic (exact) mass is 326 g/mol. The Labute approximate surface area is 120 Å². The van der Waals surface area contributed by atoms with Gasteiger partial charge in [-0.25, -0.2) is 4.39 Å². The summed E-state index contributed by atoms with van der Waals surface area (Å²) in [6.45, 7) is 6.54. The molecule has 102 valence electrons. The Morgan fingerprint density at radius 2 is 2.16 bits per heavy atom. The molecule has 3 nitrogen and oxygen atoms in total. The predicted molar refractivity (Wildman–Crippen MR) is 75.3 cm³/mol. The lowest BCUT2D eigenvalue weighted by molar-refractivity contribution is 0.391. The molecule has 1 aromatic carbocycles. The molecule has 1 N–H and O–H groups in total. The Hall–Kier alpha value is -1.20. The molecule has 1 unspecified atom stereocenters. The SMILES string of the molecule is Cc1noc(C)c1CNC(C)c1ccc(F)c(Br)c1. The summed E-state index contributed by atoms with van der Waals surface area (Å²) in [7, 11) is 0. The summed E-state index contributed by atoms with van der Waals surface area (Å²) in [6.07, 6.45) is 0. The first-order valence-corrected chi connectivity index (χ1v) is 6.88. The van der Waals surface area contributed by atoms with E-state index in [1.54, 1.807) is 12.1 Å². The van der Waals surface area contributed by atoms with Crippen LogP contribution in [-0.4, -0.2) is 5.16 Å². The molecule has 19 heavy (non-hydrogen) atoms. The van der Waals surface area contributed by atoms with Gasteiger partial charge in [-0.2, -0.15) is 0 Å². The fourth-order valence-electron chi connectivity index (χ4n) is 1.91. The van der Waals surface area contributed by atoms with Crippen molar-refractivity contribution in [3.63, 3.8) is 0 Å². The van der Waals surface area contributed by atoms with Gasteiger partial charge in [0.15, 0.2) is 0 Å². The van der Waals surface area contributed by atoms with E-state index < -0.39 is 0 Å². The fourth-order valence-corrected chi connectivity index (χ4v) is 2.31. The average Bonchev–Trinajstić information content (AvgIpc) is 2.69. The normalized spacial score (nSPS) is 12.7. The first-order chi connectivity index (χ1) is 8.99. The van der Waals surface area contributed by atoms with Crippen LogP contribution in [0.25, 0.3) is 0 Å². The minimum atomic E-state index is -0.248. The summed E-state index contributed by atoms with van der Waals surface area (Å²) < 4.78 is 18.8. The first kappa shape index (κ1) is 14.2. The van der Waals surface area contributed by atoms with E-state index in [1.807, 2.05) is 20.8 Å². The minimum absolute atomic E-state index is 0.116. The zero-order valence-corrected chi connectivity index (χ0v) is 12.7. The van der Waals surface area contributed by atoms with Crippen LogP contribution in [0, 0.1) is 19.7 Å². The molecule has 0 bridgehead atoms. The number of halogens is 2. The fraction of sp³-hybridized carbons (Fsp3) is 0.357. The van der Waals surface area contributed by atoms with Crippen molar-refractivity contribution in [2.75, 3.05) is 0 Å². The summed E-state index contributed by atoms with van der Waals surface area (Å²) >= 11 is 3.20. The number of aryl methyl sites for hydroxylation is 2. The molecule has 0 aliphatic carbocycles. The molecule has 2 rings (SSSR count). The van der Waals surface area contributed by atoms with Crippen LogP contribution in [0.2, 0.25) is 0 Å². The van der Waals surface area contributed by atoms with Crippen molar-refractivity contribution in [3.8, 4) is 0 Å². The van der Waals surface area contributed by atoms with Crippen molar-refractivity contribution in [2.45, 2.75) is 33.4 Å². The van der Waals surface area contributed by atoms with Crippen molar-refractivity contribution in [1.82, 2.24) is 10.5 Å². The Morgan fingerprint density at radius 3 is 2.74 bits per heavy atom. The lowest BCUT2D eigenvalue weighted by Crippen LogP contribution is -2.18. The van der Waals surface area contributed by atoms with Gasteiger partial charge in [0.25, 0.3) is 0 Å². The van der Waals surface area contributed by atoms with Crippen LogP contribution >= 0.6 is 15.9 Å². The zero-order chi connectivity index (χ0) is 14.0. The van der Waals surface area contributed by atoms with Crippen molar-refractivity contribution in [1.29, 1.82) is 0 Å². The third-order valence-corrected chi connectivity index (χ3v) is 3.82. The maximum Gasteiger partial charge on any atom is 0.138 e. The minimum Gasteiger partial charge on any atom is -0.361 e. The van der Waals surface area contributed by atoms with Crippen molar-refractivity contribution >= 4 is 15.9 Å². The molecule has 0 amide bonds. The van der Waals surface area contributed by atoms with Gasteiger partial charge in [-0.1, -0.05) is 11.2 Å². The summed E-state index contributed by atoms with van der Waals surface area (Å²) in [5.74, 6) is 0.583. The number of hydrogen-bond donors (Lipinski definition) is 1. The van der Waals surface area contributed by atoms with Gasteiger partial charge >= 0.3 is 0 Å². The summed E-state index contributed by atoms with van der Waals surface area (Å²) in [6, 6.07) is 5.16. The number of rotatable bonds is 4. The Kier molecular flexibility index (Phi) is 4.37. The molecule has 0 fully saturated rings. The van der Waals surface area contributed by atoms with Crippen LogP contribution < -0.4 is 5.32 Å². The summed E-state index contributed by atoms with van der Waals surface area (Å²) in [4.78, 5) is 0. The lowest BCUT2D eigenvalue weighted by atomic mass is 10.1. The molecule has 1 heterocycles. The molecule has 1 aromatic heterocycles. The van der Waals surface area contributed by atoms with Gasteiger partial charge in [-0.3, -0.25) is 0 Å². The van der Waals surface area contributed by atoms with E-state index in [-0.39, 0.29) is 11.9 Å². The Balaban J connectivity index is 2.05. The highest BCUT2D eigenvalue weighted by Crippen LogP contribution is 2.22. The van der Waals surface area contributed by atoms with Gasteiger partial charge in [-0.05, 0) is 54.4 Å². The number of nitrogens with zero attached hydrogens (tertiary/aromatic N) is 1.